The Kier molecular flexibility index (Phi) is 3.36. The second-order valence-corrected chi connectivity index (χ2v) is 6.65. The molecule has 1 aromatic carbocycles. The van der Waals surface area contributed by atoms with Gasteiger partial charge in [0.25, 0.3) is 0 Å². The fourth-order valence-electron chi connectivity index (χ4n) is 4.15. The molecule has 3 fully saturated rings. The van der Waals surface area contributed by atoms with Gasteiger partial charge in [0.15, 0.2) is 11.5 Å². The van der Waals surface area contributed by atoms with E-state index < -0.39 is 0 Å². The summed E-state index contributed by atoms with van der Waals surface area (Å²) in [6, 6.07) is 5.83. The summed E-state index contributed by atoms with van der Waals surface area (Å²) in [5, 5.41) is 5.70. The van der Waals surface area contributed by atoms with E-state index in [2.05, 4.69) is 10.6 Å². The van der Waals surface area contributed by atoms with Crippen LogP contribution in [0.1, 0.15) is 37.3 Å². The summed E-state index contributed by atoms with van der Waals surface area (Å²) in [5.41, 5.74) is 1.05. The van der Waals surface area contributed by atoms with Crippen LogP contribution in [0.5, 0.6) is 11.5 Å². The van der Waals surface area contributed by atoms with Crippen LogP contribution in [0.25, 0.3) is 0 Å². The van der Waals surface area contributed by atoms with Gasteiger partial charge in [-0.3, -0.25) is 0 Å². The number of nitrogens with one attached hydrogen (secondary N) is 2. The van der Waals surface area contributed by atoms with Crippen LogP contribution >= 0.6 is 0 Å². The standard InChI is InChI=1S/C17H22N2O3/c1-21-14-5-4-11(13-9-18-17(20)19-13)8-16(14)22-15-7-10-2-3-12(15)6-10/h4-5,8,10,12-13,15H,2-3,6-7,9H2,1H3,(H2,18,19,20). The van der Waals surface area contributed by atoms with Crippen LogP contribution in [-0.4, -0.2) is 25.8 Å². The molecule has 2 saturated carbocycles. The van der Waals surface area contributed by atoms with Crippen LogP contribution in [-0.2, 0) is 0 Å². The number of carbonyl (C=O) groups is 1. The smallest absolute Gasteiger partial charge is 0.315 e. The van der Waals surface area contributed by atoms with Gasteiger partial charge in [0.2, 0.25) is 0 Å². The van der Waals surface area contributed by atoms with Gasteiger partial charge in [-0.25, -0.2) is 4.79 Å². The number of fused-ring (bicyclic) bond motifs is 2. The van der Waals surface area contributed by atoms with Gasteiger partial charge in [-0.1, -0.05) is 6.07 Å². The van der Waals surface area contributed by atoms with Gasteiger partial charge in [-0.15, -0.1) is 0 Å². The first-order valence-corrected chi connectivity index (χ1v) is 8.12. The lowest BCUT2D eigenvalue weighted by molar-refractivity contribution is 0.133. The molecule has 0 spiro atoms. The number of methoxy groups -OCH3 is 1. The lowest BCUT2D eigenvalue weighted by Gasteiger charge is -2.24. The Hall–Kier alpha value is -1.91. The van der Waals surface area contributed by atoms with E-state index in [0.717, 1.165) is 23.0 Å². The van der Waals surface area contributed by atoms with Gasteiger partial charge in [-0.05, 0) is 55.2 Å². The molecule has 1 saturated heterocycles. The summed E-state index contributed by atoms with van der Waals surface area (Å²) in [6.45, 7) is 0.610. The van der Waals surface area contributed by atoms with E-state index in [1.54, 1.807) is 7.11 Å². The first-order chi connectivity index (χ1) is 10.7. The zero-order chi connectivity index (χ0) is 15.1. The molecule has 1 heterocycles. The molecule has 1 aliphatic heterocycles. The van der Waals surface area contributed by atoms with Crippen molar-refractivity contribution in [1.82, 2.24) is 10.6 Å². The normalized spacial score (nSPS) is 32.7. The fourth-order valence-corrected chi connectivity index (χ4v) is 4.15. The van der Waals surface area contributed by atoms with Crippen LogP contribution in [0.2, 0.25) is 0 Å². The summed E-state index contributed by atoms with van der Waals surface area (Å²) in [5.74, 6) is 3.12. The van der Waals surface area contributed by atoms with Crippen LogP contribution < -0.4 is 20.1 Å². The maximum atomic E-state index is 11.3. The number of urea groups is 1. The monoisotopic (exact) mass is 302 g/mol. The highest BCUT2D eigenvalue weighted by atomic mass is 16.5. The molecule has 2 amide bonds. The van der Waals surface area contributed by atoms with E-state index in [9.17, 15) is 4.79 Å². The molecule has 22 heavy (non-hydrogen) atoms. The molecule has 5 heteroatoms. The Bertz CT molecular complexity index is 589. The molecule has 4 rings (SSSR count). The van der Waals surface area contributed by atoms with Gasteiger partial charge < -0.3 is 20.1 Å². The van der Waals surface area contributed by atoms with Crippen molar-refractivity contribution >= 4 is 6.03 Å². The van der Waals surface area contributed by atoms with Gasteiger partial charge in [-0.2, -0.15) is 0 Å². The number of hydrogen-bond acceptors (Lipinski definition) is 3. The van der Waals surface area contributed by atoms with E-state index in [1.165, 1.54) is 25.7 Å². The maximum absolute atomic E-state index is 11.3. The fraction of sp³-hybridized carbons (Fsp3) is 0.588. The Morgan fingerprint density at radius 2 is 2.09 bits per heavy atom. The number of benzene rings is 1. The molecule has 2 bridgehead atoms. The Morgan fingerprint density at radius 1 is 1.18 bits per heavy atom. The minimum atomic E-state index is -0.114. The van der Waals surface area contributed by atoms with E-state index >= 15 is 0 Å². The minimum Gasteiger partial charge on any atom is -0.493 e. The average molecular weight is 302 g/mol. The number of amides is 2. The predicted octanol–water partition coefficient (Wildman–Crippen LogP) is 2.62. The molecule has 4 atom stereocenters. The van der Waals surface area contributed by atoms with E-state index in [-0.39, 0.29) is 12.1 Å². The molecule has 118 valence electrons. The lowest BCUT2D eigenvalue weighted by Crippen LogP contribution is -2.24. The largest absolute Gasteiger partial charge is 0.493 e. The third kappa shape index (κ3) is 2.38. The van der Waals surface area contributed by atoms with E-state index in [1.807, 2.05) is 18.2 Å². The van der Waals surface area contributed by atoms with Crippen LogP contribution in [0.15, 0.2) is 18.2 Å². The van der Waals surface area contributed by atoms with Gasteiger partial charge >= 0.3 is 6.03 Å². The average Bonchev–Trinajstić information content (AvgIpc) is 3.24. The van der Waals surface area contributed by atoms with Gasteiger partial charge in [0, 0.05) is 6.54 Å². The Balaban J connectivity index is 1.55. The van der Waals surface area contributed by atoms with Crippen LogP contribution in [0.3, 0.4) is 0 Å². The summed E-state index contributed by atoms with van der Waals surface area (Å²) in [4.78, 5) is 11.3. The number of rotatable bonds is 4. The van der Waals surface area contributed by atoms with E-state index in [0.29, 0.717) is 18.6 Å². The lowest BCUT2D eigenvalue weighted by atomic mass is 9.97. The van der Waals surface area contributed by atoms with Gasteiger partial charge in [0.05, 0.1) is 13.2 Å². The highest BCUT2D eigenvalue weighted by Crippen LogP contribution is 2.47. The first-order valence-electron chi connectivity index (χ1n) is 8.12. The molecule has 2 N–H and O–H groups in total. The molecule has 2 aliphatic carbocycles. The van der Waals surface area contributed by atoms with Crippen LogP contribution in [0.4, 0.5) is 4.79 Å². The first kappa shape index (κ1) is 13.7. The molecular weight excluding hydrogens is 280 g/mol. The highest BCUT2D eigenvalue weighted by Gasteiger charge is 2.41. The SMILES string of the molecule is COc1ccc(C2CNC(=O)N2)cc1OC1CC2CCC1C2. The second-order valence-electron chi connectivity index (χ2n) is 6.65. The third-order valence-electron chi connectivity index (χ3n) is 5.31. The quantitative estimate of drug-likeness (QED) is 0.899. The predicted molar refractivity (Wildman–Crippen MR) is 82.1 cm³/mol. The van der Waals surface area contributed by atoms with Crippen molar-refractivity contribution in [1.29, 1.82) is 0 Å². The zero-order valence-corrected chi connectivity index (χ0v) is 12.8. The van der Waals surface area contributed by atoms with E-state index in [4.69, 9.17) is 9.47 Å². The Labute approximate surface area is 130 Å². The number of ether oxygens (including phenoxy) is 2. The van der Waals surface area contributed by atoms with Crippen molar-refractivity contribution < 1.29 is 14.3 Å². The summed E-state index contributed by atoms with van der Waals surface area (Å²) >= 11 is 0. The molecule has 3 aliphatic rings. The Morgan fingerprint density at radius 3 is 2.73 bits per heavy atom. The highest BCUT2D eigenvalue weighted by molar-refractivity contribution is 5.77. The molecule has 1 aromatic rings. The molecule has 5 nitrogen and oxygen atoms in total. The molecule has 0 radical (unpaired) electrons. The van der Waals surface area contributed by atoms with Crippen molar-refractivity contribution in [3.63, 3.8) is 0 Å². The third-order valence-corrected chi connectivity index (χ3v) is 5.31. The van der Waals surface area contributed by atoms with Crippen molar-refractivity contribution in [2.75, 3.05) is 13.7 Å². The van der Waals surface area contributed by atoms with Crippen molar-refractivity contribution in [2.45, 2.75) is 37.8 Å². The topological polar surface area (TPSA) is 59.6 Å². The maximum Gasteiger partial charge on any atom is 0.315 e. The second kappa shape index (κ2) is 5.38. The van der Waals surface area contributed by atoms with Crippen molar-refractivity contribution in [3.8, 4) is 11.5 Å². The number of hydrogen-bond donors (Lipinski definition) is 2. The molecule has 4 unspecified atom stereocenters. The number of carbonyl (C=O) groups excluding carboxylic acids is 1. The summed E-state index contributed by atoms with van der Waals surface area (Å²) in [6.07, 6.45) is 5.45. The van der Waals surface area contributed by atoms with Gasteiger partial charge in [0.1, 0.15) is 6.10 Å². The molecular formula is C17H22N2O3. The molecule has 0 aromatic heterocycles. The van der Waals surface area contributed by atoms with Crippen LogP contribution in [0, 0.1) is 11.8 Å². The zero-order valence-electron chi connectivity index (χ0n) is 12.8. The summed E-state index contributed by atoms with van der Waals surface area (Å²) < 4.78 is 11.7. The minimum absolute atomic E-state index is 0.000727. The van der Waals surface area contributed by atoms with Crippen molar-refractivity contribution in [3.05, 3.63) is 23.8 Å². The summed E-state index contributed by atoms with van der Waals surface area (Å²) in [7, 11) is 1.67. The van der Waals surface area contributed by atoms with Crippen molar-refractivity contribution in [2.24, 2.45) is 11.8 Å².